The number of rotatable bonds is 3. The minimum Gasteiger partial charge on any atom is -0.209 e. The smallest absolute Gasteiger partial charge is 0.209 e. The van der Waals surface area contributed by atoms with Crippen LogP contribution in [0.15, 0.2) is 10.9 Å². The van der Waals surface area contributed by atoms with Gasteiger partial charge in [0.1, 0.15) is 0 Å². The van der Waals surface area contributed by atoms with Gasteiger partial charge in [0.05, 0.1) is 5.41 Å². The molecule has 10 heavy (non-hydrogen) atoms. The molecule has 0 rings (SSSR count). The number of sulfonamides is 1. The Labute approximate surface area is 66.1 Å². The molecule has 0 bridgehead atoms. The number of nitrogens with one attached hydrogen (secondary N) is 1. The van der Waals surface area contributed by atoms with E-state index in [2.05, 4.69) is 4.72 Å². The molecule has 0 fully saturated rings. The zero-order valence-electron chi connectivity index (χ0n) is 5.83. The molecule has 1 N–H and O–H groups in total. The third-order valence-corrected chi connectivity index (χ3v) is 2.20. The lowest BCUT2D eigenvalue weighted by Crippen LogP contribution is -2.28. The Kier molecular flexibility index (Phi) is 3.93. The summed E-state index contributed by atoms with van der Waals surface area (Å²) in [6.45, 7) is 3.47. The summed E-state index contributed by atoms with van der Waals surface area (Å²) in [5.41, 5.74) is 0.963. The molecule has 0 aromatic carbocycles. The Bertz CT molecular complexity index is 208. The van der Waals surface area contributed by atoms with Crippen molar-refractivity contribution in [2.24, 2.45) is 0 Å². The van der Waals surface area contributed by atoms with Gasteiger partial charge in [0, 0.05) is 11.6 Å². The van der Waals surface area contributed by atoms with Crippen molar-refractivity contribution in [3.8, 4) is 0 Å². The first-order chi connectivity index (χ1) is 4.48. The molecular weight excluding hydrogens is 174 g/mol. The fraction of sp³-hybridized carbons (Fsp3) is 0.600. The molecule has 0 heterocycles. The van der Waals surface area contributed by atoms with E-state index in [1.54, 1.807) is 13.8 Å². The Balaban J connectivity index is 4.16. The third-order valence-electron chi connectivity index (χ3n) is 0.631. The van der Waals surface area contributed by atoms with Crippen LogP contribution in [0.5, 0.6) is 0 Å². The Hall–Kier alpha value is -0.0600. The van der Waals surface area contributed by atoms with Crippen LogP contribution < -0.4 is 4.72 Å². The molecule has 5 heteroatoms. The molecule has 0 saturated heterocycles. The summed E-state index contributed by atoms with van der Waals surface area (Å²) >= 11 is 5.07. The van der Waals surface area contributed by atoms with Crippen LogP contribution in [0.3, 0.4) is 0 Å². The second kappa shape index (κ2) is 3.95. The summed E-state index contributed by atoms with van der Waals surface area (Å²) in [5.74, 6) is 0. The van der Waals surface area contributed by atoms with Crippen LogP contribution in [0.4, 0.5) is 0 Å². The number of hydrogen-bond acceptors (Lipinski definition) is 2. The van der Waals surface area contributed by atoms with Crippen LogP contribution in [0.2, 0.25) is 0 Å². The SMILES string of the molecule is CC(C)NS(=O)(=O)/C=C\Cl. The highest BCUT2D eigenvalue weighted by atomic mass is 35.5. The topological polar surface area (TPSA) is 46.2 Å². The van der Waals surface area contributed by atoms with E-state index < -0.39 is 10.0 Å². The normalized spacial score (nSPS) is 13.2. The van der Waals surface area contributed by atoms with Gasteiger partial charge in [0.15, 0.2) is 0 Å². The molecule has 0 aromatic heterocycles. The van der Waals surface area contributed by atoms with E-state index in [-0.39, 0.29) is 6.04 Å². The van der Waals surface area contributed by atoms with Gasteiger partial charge in [-0.05, 0) is 13.8 Å². The van der Waals surface area contributed by atoms with Gasteiger partial charge in [0.2, 0.25) is 10.0 Å². The summed E-state index contributed by atoms with van der Waals surface area (Å²) in [7, 11) is -3.29. The summed E-state index contributed by atoms with van der Waals surface area (Å²) in [6, 6.07) is -0.0992. The predicted octanol–water partition coefficient (Wildman–Crippen LogP) is 1.02. The lowest BCUT2D eigenvalue weighted by molar-refractivity contribution is 0.579. The van der Waals surface area contributed by atoms with E-state index in [1.807, 2.05) is 0 Å². The van der Waals surface area contributed by atoms with Gasteiger partial charge in [-0.2, -0.15) is 0 Å². The third kappa shape index (κ3) is 4.78. The van der Waals surface area contributed by atoms with Crippen molar-refractivity contribution in [1.29, 1.82) is 0 Å². The largest absolute Gasteiger partial charge is 0.234 e. The molecule has 0 spiro atoms. The second-order valence-electron chi connectivity index (χ2n) is 2.08. The first-order valence-corrected chi connectivity index (χ1v) is 4.75. The van der Waals surface area contributed by atoms with Crippen molar-refractivity contribution in [3.05, 3.63) is 10.9 Å². The summed E-state index contributed by atoms with van der Waals surface area (Å²) < 4.78 is 23.8. The van der Waals surface area contributed by atoms with Crippen molar-refractivity contribution in [2.75, 3.05) is 0 Å². The lowest BCUT2D eigenvalue weighted by atomic mass is 10.4. The molecule has 60 valence electrons. The van der Waals surface area contributed by atoms with Gasteiger partial charge in [-0.15, -0.1) is 0 Å². The maximum atomic E-state index is 10.8. The Morgan fingerprint density at radius 1 is 1.50 bits per heavy atom. The fourth-order valence-electron chi connectivity index (χ4n) is 0.436. The molecule has 0 aromatic rings. The van der Waals surface area contributed by atoms with Crippen LogP contribution >= 0.6 is 11.6 Å². The van der Waals surface area contributed by atoms with Gasteiger partial charge >= 0.3 is 0 Å². The quantitative estimate of drug-likeness (QED) is 0.711. The van der Waals surface area contributed by atoms with Gasteiger partial charge in [-0.25, -0.2) is 13.1 Å². The molecule has 0 amide bonds. The second-order valence-corrected chi connectivity index (χ2v) is 3.93. The molecular formula is C5H10ClNO2S. The Morgan fingerprint density at radius 3 is 2.30 bits per heavy atom. The molecule has 0 radical (unpaired) electrons. The average Bonchev–Trinajstić information content (AvgIpc) is 1.59. The molecule has 0 aliphatic rings. The maximum Gasteiger partial charge on any atom is 0.234 e. The molecule has 0 saturated carbocycles. The van der Waals surface area contributed by atoms with Crippen LogP contribution in [0, 0.1) is 0 Å². The van der Waals surface area contributed by atoms with E-state index >= 15 is 0 Å². The molecule has 0 unspecified atom stereocenters. The average molecular weight is 184 g/mol. The van der Waals surface area contributed by atoms with Crippen LogP contribution in [-0.2, 0) is 10.0 Å². The van der Waals surface area contributed by atoms with E-state index in [0.29, 0.717) is 0 Å². The monoisotopic (exact) mass is 183 g/mol. The standard InChI is InChI=1S/C5H10ClNO2S/c1-5(2)7-10(8,9)4-3-6/h3-5,7H,1-2H3/b4-3-. The fourth-order valence-corrected chi connectivity index (χ4v) is 1.71. The highest BCUT2D eigenvalue weighted by molar-refractivity contribution is 7.92. The van der Waals surface area contributed by atoms with E-state index in [1.165, 1.54) is 0 Å². The van der Waals surface area contributed by atoms with Crippen molar-refractivity contribution >= 4 is 21.6 Å². The summed E-state index contributed by atoms with van der Waals surface area (Å²) in [6.07, 6.45) is 0. The predicted molar refractivity (Wildman–Crippen MR) is 42.2 cm³/mol. The minimum absolute atomic E-state index is 0.0992. The number of hydrogen-bond donors (Lipinski definition) is 1. The summed E-state index contributed by atoms with van der Waals surface area (Å²) in [5, 5.41) is 0.911. The van der Waals surface area contributed by atoms with Crippen molar-refractivity contribution < 1.29 is 8.42 Å². The lowest BCUT2D eigenvalue weighted by Gasteiger charge is -2.03. The highest BCUT2D eigenvalue weighted by Gasteiger charge is 2.05. The van der Waals surface area contributed by atoms with Crippen LogP contribution in [0.1, 0.15) is 13.8 Å². The van der Waals surface area contributed by atoms with Crippen molar-refractivity contribution in [1.82, 2.24) is 4.72 Å². The van der Waals surface area contributed by atoms with E-state index in [4.69, 9.17) is 11.6 Å². The Morgan fingerprint density at radius 2 is 2.00 bits per heavy atom. The molecule has 3 nitrogen and oxygen atoms in total. The highest BCUT2D eigenvalue weighted by Crippen LogP contribution is 1.91. The molecule has 0 aliphatic heterocycles. The zero-order valence-corrected chi connectivity index (χ0v) is 7.41. The summed E-state index contributed by atoms with van der Waals surface area (Å²) in [4.78, 5) is 0. The van der Waals surface area contributed by atoms with Gasteiger partial charge in [-0.3, -0.25) is 0 Å². The van der Waals surface area contributed by atoms with Gasteiger partial charge < -0.3 is 0 Å². The molecule has 0 aliphatic carbocycles. The van der Waals surface area contributed by atoms with E-state index in [9.17, 15) is 8.42 Å². The van der Waals surface area contributed by atoms with Crippen LogP contribution in [-0.4, -0.2) is 14.5 Å². The zero-order chi connectivity index (χ0) is 8.20. The first kappa shape index (κ1) is 9.94. The maximum absolute atomic E-state index is 10.8. The van der Waals surface area contributed by atoms with Gasteiger partial charge in [-0.1, -0.05) is 11.6 Å². The molecule has 0 atom stereocenters. The van der Waals surface area contributed by atoms with Crippen LogP contribution in [0.25, 0.3) is 0 Å². The number of halogens is 1. The minimum atomic E-state index is -3.29. The first-order valence-electron chi connectivity index (χ1n) is 2.77. The van der Waals surface area contributed by atoms with E-state index in [0.717, 1.165) is 10.9 Å². The van der Waals surface area contributed by atoms with Crippen molar-refractivity contribution in [2.45, 2.75) is 19.9 Å². The van der Waals surface area contributed by atoms with Gasteiger partial charge in [0.25, 0.3) is 0 Å². The van der Waals surface area contributed by atoms with Crippen molar-refractivity contribution in [3.63, 3.8) is 0 Å².